The molecule has 0 bridgehead atoms. The molecule has 0 radical (unpaired) electrons. The number of benzene rings is 1. The highest BCUT2D eigenvalue weighted by Crippen LogP contribution is 2.32. The van der Waals surface area contributed by atoms with Crippen LogP contribution in [0, 0.1) is 0 Å². The molecule has 0 fully saturated rings. The van der Waals surface area contributed by atoms with E-state index in [4.69, 9.17) is 10.3 Å². The van der Waals surface area contributed by atoms with Gasteiger partial charge in [0.25, 0.3) is 0 Å². The lowest BCUT2D eigenvalue weighted by molar-refractivity contribution is 0.158. The molecule has 0 spiro atoms. The summed E-state index contributed by atoms with van der Waals surface area (Å²) in [6.45, 7) is 1.97. The molecule has 94 valence electrons. The van der Waals surface area contributed by atoms with Gasteiger partial charge in [0, 0.05) is 18.4 Å². The number of hydrogen-bond donors (Lipinski definition) is 2. The molecule has 3 N–H and O–H groups in total. The standard InChI is InChI=1S/C13H15N3O2/c1-2-11-15-13(16-18-11)7-3-4-9-8(5-7)6-10(17)12(9)14/h3-5,10,12,17H,2,6,14H2,1H3/t10-,12-/m0/s1. The Labute approximate surface area is 105 Å². The predicted octanol–water partition coefficient (Wildman–Crippen LogP) is 1.22. The van der Waals surface area contributed by atoms with Gasteiger partial charge in [-0.1, -0.05) is 24.2 Å². The van der Waals surface area contributed by atoms with E-state index in [0.717, 1.165) is 23.1 Å². The average Bonchev–Trinajstić information content (AvgIpc) is 2.95. The summed E-state index contributed by atoms with van der Waals surface area (Å²) in [6.07, 6.45) is 0.816. The van der Waals surface area contributed by atoms with Crippen LogP contribution >= 0.6 is 0 Å². The Hall–Kier alpha value is -1.72. The van der Waals surface area contributed by atoms with E-state index >= 15 is 0 Å². The van der Waals surface area contributed by atoms with Gasteiger partial charge in [-0.15, -0.1) is 0 Å². The van der Waals surface area contributed by atoms with Gasteiger partial charge < -0.3 is 15.4 Å². The van der Waals surface area contributed by atoms with Gasteiger partial charge in [-0.2, -0.15) is 4.98 Å². The van der Waals surface area contributed by atoms with Gasteiger partial charge in [0.15, 0.2) is 0 Å². The van der Waals surface area contributed by atoms with Crippen LogP contribution in [-0.4, -0.2) is 21.4 Å². The molecule has 0 saturated carbocycles. The van der Waals surface area contributed by atoms with Gasteiger partial charge >= 0.3 is 0 Å². The molecule has 0 amide bonds. The molecule has 0 aliphatic heterocycles. The van der Waals surface area contributed by atoms with Crippen molar-refractivity contribution in [3.8, 4) is 11.4 Å². The predicted molar refractivity (Wildman–Crippen MR) is 65.8 cm³/mol. The molecule has 3 rings (SSSR count). The summed E-state index contributed by atoms with van der Waals surface area (Å²) in [5.41, 5.74) is 8.88. The molecule has 5 nitrogen and oxygen atoms in total. The molecule has 1 aliphatic carbocycles. The fourth-order valence-electron chi connectivity index (χ4n) is 2.32. The molecule has 1 aliphatic rings. The van der Waals surface area contributed by atoms with E-state index in [2.05, 4.69) is 10.1 Å². The van der Waals surface area contributed by atoms with Gasteiger partial charge in [-0.3, -0.25) is 0 Å². The van der Waals surface area contributed by atoms with Gasteiger partial charge in [0.05, 0.1) is 12.1 Å². The molecule has 1 aromatic carbocycles. The number of hydrogen-bond acceptors (Lipinski definition) is 5. The smallest absolute Gasteiger partial charge is 0.226 e. The molecule has 5 heteroatoms. The number of aromatic nitrogens is 2. The highest BCUT2D eigenvalue weighted by atomic mass is 16.5. The summed E-state index contributed by atoms with van der Waals surface area (Å²) in [7, 11) is 0. The van der Waals surface area contributed by atoms with Crippen molar-refractivity contribution < 1.29 is 9.63 Å². The first-order valence-corrected chi connectivity index (χ1v) is 6.08. The SMILES string of the molecule is CCc1nc(-c2ccc3c(c2)C[C@H](O)[C@H]3N)no1. The summed E-state index contributed by atoms with van der Waals surface area (Å²) >= 11 is 0. The minimum atomic E-state index is -0.494. The quantitative estimate of drug-likeness (QED) is 0.830. The summed E-state index contributed by atoms with van der Waals surface area (Å²) in [6, 6.07) is 5.55. The summed E-state index contributed by atoms with van der Waals surface area (Å²) in [5.74, 6) is 1.21. The maximum Gasteiger partial charge on any atom is 0.226 e. The Bertz CT molecular complexity index is 579. The van der Waals surface area contributed by atoms with Gasteiger partial charge in [-0.05, 0) is 17.2 Å². The van der Waals surface area contributed by atoms with Crippen LogP contribution < -0.4 is 5.73 Å². The van der Waals surface area contributed by atoms with Crippen molar-refractivity contribution in [1.82, 2.24) is 10.1 Å². The van der Waals surface area contributed by atoms with Gasteiger partial charge in [0.2, 0.25) is 11.7 Å². The van der Waals surface area contributed by atoms with Gasteiger partial charge in [0.1, 0.15) is 0 Å². The molecular weight excluding hydrogens is 230 g/mol. The van der Waals surface area contributed by atoms with E-state index in [1.54, 1.807) is 0 Å². The monoisotopic (exact) mass is 245 g/mol. The van der Waals surface area contributed by atoms with Crippen molar-refractivity contribution in [3.63, 3.8) is 0 Å². The van der Waals surface area contributed by atoms with Crippen LogP contribution in [-0.2, 0) is 12.8 Å². The number of nitrogens with zero attached hydrogens (tertiary/aromatic N) is 2. The molecule has 2 atom stereocenters. The second-order valence-corrected chi connectivity index (χ2v) is 4.58. The van der Waals surface area contributed by atoms with Crippen molar-refractivity contribution in [1.29, 1.82) is 0 Å². The van der Waals surface area contributed by atoms with Crippen LogP contribution in [0.2, 0.25) is 0 Å². The van der Waals surface area contributed by atoms with E-state index in [9.17, 15) is 5.11 Å². The molecule has 1 aromatic heterocycles. The third-order valence-electron chi connectivity index (χ3n) is 3.37. The van der Waals surface area contributed by atoms with E-state index in [1.165, 1.54) is 0 Å². The van der Waals surface area contributed by atoms with Crippen LogP contribution in [0.25, 0.3) is 11.4 Å². The first kappa shape index (κ1) is 11.4. The Balaban J connectivity index is 1.98. The number of nitrogens with two attached hydrogens (primary N) is 1. The van der Waals surface area contributed by atoms with Crippen LogP contribution in [0.3, 0.4) is 0 Å². The van der Waals surface area contributed by atoms with Crippen LogP contribution in [0.15, 0.2) is 22.7 Å². The third kappa shape index (κ3) is 1.72. The molecular formula is C13H15N3O2. The molecule has 0 saturated heterocycles. The lowest BCUT2D eigenvalue weighted by atomic mass is 10.0. The zero-order valence-corrected chi connectivity index (χ0v) is 10.1. The molecule has 18 heavy (non-hydrogen) atoms. The van der Waals surface area contributed by atoms with Crippen LogP contribution in [0.1, 0.15) is 30.0 Å². The van der Waals surface area contributed by atoms with Crippen molar-refractivity contribution in [3.05, 3.63) is 35.2 Å². The summed E-state index contributed by atoms with van der Waals surface area (Å²) < 4.78 is 5.09. The zero-order valence-electron chi connectivity index (χ0n) is 10.1. The van der Waals surface area contributed by atoms with Crippen molar-refractivity contribution in [2.24, 2.45) is 5.73 Å². The average molecular weight is 245 g/mol. The van der Waals surface area contributed by atoms with E-state index in [-0.39, 0.29) is 6.04 Å². The Kier molecular flexibility index (Phi) is 2.65. The van der Waals surface area contributed by atoms with Crippen molar-refractivity contribution in [2.75, 3.05) is 0 Å². The van der Waals surface area contributed by atoms with Crippen LogP contribution in [0.5, 0.6) is 0 Å². The third-order valence-corrected chi connectivity index (χ3v) is 3.37. The Morgan fingerprint density at radius 3 is 3.06 bits per heavy atom. The zero-order chi connectivity index (χ0) is 12.7. The van der Waals surface area contributed by atoms with Crippen LogP contribution in [0.4, 0.5) is 0 Å². The highest BCUT2D eigenvalue weighted by Gasteiger charge is 2.28. The van der Waals surface area contributed by atoms with E-state index in [0.29, 0.717) is 18.1 Å². The summed E-state index contributed by atoms with van der Waals surface area (Å²) in [5, 5.41) is 13.7. The minimum Gasteiger partial charge on any atom is -0.391 e. The number of fused-ring (bicyclic) bond motifs is 1. The lowest BCUT2D eigenvalue weighted by Crippen LogP contribution is -2.21. The maximum atomic E-state index is 9.75. The topological polar surface area (TPSA) is 85.2 Å². The normalized spacial score (nSPS) is 22.2. The Morgan fingerprint density at radius 2 is 2.33 bits per heavy atom. The number of aliphatic hydroxyl groups is 1. The molecule has 1 heterocycles. The minimum absolute atomic E-state index is 0.287. The lowest BCUT2D eigenvalue weighted by Gasteiger charge is -2.08. The van der Waals surface area contributed by atoms with Crippen molar-refractivity contribution >= 4 is 0 Å². The molecule has 0 unspecified atom stereocenters. The van der Waals surface area contributed by atoms with E-state index < -0.39 is 6.10 Å². The number of aliphatic hydroxyl groups excluding tert-OH is 1. The largest absolute Gasteiger partial charge is 0.391 e. The number of rotatable bonds is 2. The number of aryl methyl sites for hydroxylation is 1. The first-order chi connectivity index (χ1) is 8.69. The fourth-order valence-corrected chi connectivity index (χ4v) is 2.32. The first-order valence-electron chi connectivity index (χ1n) is 6.08. The second kappa shape index (κ2) is 4.19. The summed E-state index contributed by atoms with van der Waals surface area (Å²) in [4.78, 5) is 4.29. The second-order valence-electron chi connectivity index (χ2n) is 4.58. The van der Waals surface area contributed by atoms with Crippen molar-refractivity contribution in [2.45, 2.75) is 31.9 Å². The fraction of sp³-hybridized carbons (Fsp3) is 0.385. The Morgan fingerprint density at radius 1 is 1.50 bits per heavy atom. The van der Waals surface area contributed by atoms with E-state index in [1.807, 2.05) is 25.1 Å². The molecule has 2 aromatic rings. The highest BCUT2D eigenvalue weighted by molar-refractivity contribution is 5.58. The van der Waals surface area contributed by atoms with Gasteiger partial charge in [-0.25, -0.2) is 0 Å². The maximum absolute atomic E-state index is 9.75.